The van der Waals surface area contributed by atoms with Gasteiger partial charge in [-0.1, -0.05) is 27.6 Å². The average molecular weight is 284 g/mol. The Bertz CT molecular complexity index is 414. The van der Waals surface area contributed by atoms with Gasteiger partial charge in [0.2, 0.25) is 0 Å². The van der Waals surface area contributed by atoms with Gasteiger partial charge in [-0.15, -0.1) is 0 Å². The van der Waals surface area contributed by atoms with E-state index in [1.807, 2.05) is 0 Å². The predicted octanol–water partition coefficient (Wildman–Crippen LogP) is 4.09. The normalized spacial score (nSPS) is 18.1. The van der Waals surface area contributed by atoms with E-state index in [1.165, 1.54) is 18.1 Å². The molecule has 16 heavy (non-hydrogen) atoms. The summed E-state index contributed by atoms with van der Waals surface area (Å²) in [7, 11) is 0. The van der Waals surface area contributed by atoms with Gasteiger partial charge in [0.1, 0.15) is 5.82 Å². The van der Waals surface area contributed by atoms with Crippen LogP contribution in [-0.2, 0) is 0 Å². The van der Waals surface area contributed by atoms with Gasteiger partial charge in [-0.25, -0.2) is 4.39 Å². The van der Waals surface area contributed by atoms with Gasteiger partial charge in [0.15, 0.2) is 0 Å². The fourth-order valence-corrected chi connectivity index (χ4v) is 2.48. The van der Waals surface area contributed by atoms with E-state index in [0.29, 0.717) is 5.56 Å². The smallest absolute Gasteiger partial charge is 0.128 e. The fraction of sp³-hybridized carbons (Fsp3) is 0.385. The number of nitrogens with two attached hydrogens (primary N) is 1. The Morgan fingerprint density at radius 3 is 2.81 bits per heavy atom. The molecule has 2 rings (SSSR count). The molecule has 1 aromatic carbocycles. The summed E-state index contributed by atoms with van der Waals surface area (Å²) in [6, 6.07) is 4.64. The maximum atomic E-state index is 13.6. The molecule has 1 atom stereocenters. The van der Waals surface area contributed by atoms with Gasteiger partial charge < -0.3 is 5.73 Å². The summed E-state index contributed by atoms with van der Waals surface area (Å²) in [5.41, 5.74) is 7.87. The Kier molecular flexibility index (Phi) is 3.77. The van der Waals surface area contributed by atoms with Gasteiger partial charge in [-0.3, -0.25) is 0 Å². The van der Waals surface area contributed by atoms with Gasteiger partial charge in [0.25, 0.3) is 0 Å². The number of rotatable bonds is 2. The lowest BCUT2D eigenvalue weighted by molar-refractivity contribution is 0.582. The second-order valence-corrected chi connectivity index (χ2v) is 5.08. The molecule has 0 fully saturated rings. The highest BCUT2D eigenvalue weighted by Gasteiger charge is 2.17. The molecule has 0 aromatic heterocycles. The molecule has 1 nitrogen and oxygen atoms in total. The SMILES string of the molecule is NC(C1=CCCCC1)c1cc(Br)ccc1F. The Morgan fingerprint density at radius 1 is 1.31 bits per heavy atom. The second-order valence-electron chi connectivity index (χ2n) is 4.17. The summed E-state index contributed by atoms with van der Waals surface area (Å²) in [6.07, 6.45) is 6.60. The van der Waals surface area contributed by atoms with Crippen LogP contribution in [0.15, 0.2) is 34.3 Å². The molecule has 1 aliphatic carbocycles. The zero-order chi connectivity index (χ0) is 11.5. The van der Waals surface area contributed by atoms with Crippen molar-refractivity contribution in [3.63, 3.8) is 0 Å². The van der Waals surface area contributed by atoms with Gasteiger partial charge in [-0.05, 0) is 43.9 Å². The number of allylic oxidation sites excluding steroid dienone is 1. The Labute approximate surface area is 104 Å². The zero-order valence-corrected chi connectivity index (χ0v) is 10.6. The van der Waals surface area contributed by atoms with E-state index >= 15 is 0 Å². The minimum Gasteiger partial charge on any atom is -0.320 e. The molecule has 0 spiro atoms. The van der Waals surface area contributed by atoms with Crippen LogP contribution in [0.5, 0.6) is 0 Å². The van der Waals surface area contributed by atoms with Crippen molar-refractivity contribution in [1.82, 2.24) is 0 Å². The van der Waals surface area contributed by atoms with Gasteiger partial charge >= 0.3 is 0 Å². The summed E-state index contributed by atoms with van der Waals surface area (Å²) >= 11 is 3.35. The average Bonchev–Trinajstić information content (AvgIpc) is 2.32. The van der Waals surface area contributed by atoms with Crippen molar-refractivity contribution in [2.75, 3.05) is 0 Å². The molecular formula is C13H15BrFN. The summed E-state index contributed by atoms with van der Waals surface area (Å²) in [5, 5.41) is 0. The predicted molar refractivity (Wildman–Crippen MR) is 67.6 cm³/mol. The van der Waals surface area contributed by atoms with Crippen LogP contribution in [0.25, 0.3) is 0 Å². The van der Waals surface area contributed by atoms with Crippen molar-refractivity contribution in [3.05, 3.63) is 45.7 Å². The molecule has 1 aliphatic rings. The van der Waals surface area contributed by atoms with E-state index < -0.39 is 0 Å². The first-order valence-electron chi connectivity index (χ1n) is 5.58. The maximum Gasteiger partial charge on any atom is 0.128 e. The largest absolute Gasteiger partial charge is 0.320 e. The van der Waals surface area contributed by atoms with Gasteiger partial charge in [0.05, 0.1) is 6.04 Å². The van der Waals surface area contributed by atoms with Gasteiger partial charge in [-0.2, -0.15) is 0 Å². The van der Waals surface area contributed by atoms with Crippen molar-refractivity contribution in [1.29, 1.82) is 0 Å². The molecule has 0 aliphatic heterocycles. The summed E-state index contributed by atoms with van der Waals surface area (Å²) in [6.45, 7) is 0. The van der Waals surface area contributed by atoms with E-state index in [2.05, 4.69) is 22.0 Å². The third-order valence-corrected chi connectivity index (χ3v) is 3.51. The third kappa shape index (κ3) is 2.53. The van der Waals surface area contributed by atoms with Crippen molar-refractivity contribution >= 4 is 15.9 Å². The highest BCUT2D eigenvalue weighted by molar-refractivity contribution is 9.10. The standard InChI is InChI=1S/C13H15BrFN/c14-10-6-7-12(15)11(8-10)13(16)9-4-2-1-3-5-9/h4,6-8,13H,1-3,5,16H2. The number of hydrogen-bond acceptors (Lipinski definition) is 1. The zero-order valence-electron chi connectivity index (χ0n) is 9.05. The van der Waals surface area contributed by atoms with Crippen molar-refractivity contribution in [2.45, 2.75) is 31.7 Å². The van der Waals surface area contributed by atoms with Gasteiger partial charge in [0, 0.05) is 10.0 Å². The van der Waals surface area contributed by atoms with Crippen molar-refractivity contribution in [3.8, 4) is 0 Å². The van der Waals surface area contributed by atoms with Crippen LogP contribution in [0, 0.1) is 5.82 Å². The Hall–Kier alpha value is -0.670. The lowest BCUT2D eigenvalue weighted by atomic mass is 9.90. The van der Waals surface area contributed by atoms with Crippen LogP contribution < -0.4 is 5.73 Å². The molecule has 0 radical (unpaired) electrons. The molecule has 3 heteroatoms. The Balaban J connectivity index is 2.29. The summed E-state index contributed by atoms with van der Waals surface area (Å²) < 4.78 is 14.5. The highest BCUT2D eigenvalue weighted by Crippen LogP contribution is 2.30. The van der Waals surface area contributed by atoms with Crippen LogP contribution in [0.3, 0.4) is 0 Å². The maximum absolute atomic E-state index is 13.6. The van der Waals surface area contributed by atoms with Crippen LogP contribution >= 0.6 is 15.9 Å². The van der Waals surface area contributed by atoms with E-state index in [9.17, 15) is 4.39 Å². The molecule has 0 saturated carbocycles. The van der Waals surface area contributed by atoms with E-state index in [-0.39, 0.29) is 11.9 Å². The van der Waals surface area contributed by atoms with Crippen molar-refractivity contribution in [2.24, 2.45) is 5.73 Å². The Morgan fingerprint density at radius 2 is 2.12 bits per heavy atom. The monoisotopic (exact) mass is 283 g/mol. The number of halogens is 2. The molecule has 0 amide bonds. The first kappa shape index (κ1) is 11.8. The van der Waals surface area contributed by atoms with Crippen molar-refractivity contribution < 1.29 is 4.39 Å². The molecule has 0 bridgehead atoms. The van der Waals surface area contributed by atoms with Crippen LogP contribution in [-0.4, -0.2) is 0 Å². The lowest BCUT2D eigenvalue weighted by Crippen LogP contribution is -2.16. The van der Waals surface area contributed by atoms with E-state index in [4.69, 9.17) is 5.73 Å². The van der Waals surface area contributed by atoms with E-state index in [0.717, 1.165) is 23.7 Å². The molecule has 86 valence electrons. The lowest BCUT2D eigenvalue weighted by Gasteiger charge is -2.20. The minimum absolute atomic E-state index is 0.220. The number of hydrogen-bond donors (Lipinski definition) is 1. The van der Waals surface area contributed by atoms with Crippen LogP contribution in [0.1, 0.15) is 37.3 Å². The molecule has 0 heterocycles. The van der Waals surface area contributed by atoms with Crippen LogP contribution in [0.4, 0.5) is 4.39 Å². The fourth-order valence-electron chi connectivity index (χ4n) is 2.10. The second kappa shape index (κ2) is 5.11. The molecule has 0 saturated heterocycles. The summed E-state index contributed by atoms with van der Waals surface area (Å²) in [4.78, 5) is 0. The third-order valence-electron chi connectivity index (χ3n) is 3.02. The quantitative estimate of drug-likeness (QED) is 0.813. The molecule has 1 unspecified atom stereocenters. The number of benzene rings is 1. The summed E-state index contributed by atoms with van der Waals surface area (Å²) in [5.74, 6) is -0.220. The topological polar surface area (TPSA) is 26.0 Å². The van der Waals surface area contributed by atoms with E-state index in [1.54, 1.807) is 12.1 Å². The minimum atomic E-state index is -0.294. The first-order valence-corrected chi connectivity index (χ1v) is 6.37. The molecular weight excluding hydrogens is 269 g/mol. The van der Waals surface area contributed by atoms with Crippen LogP contribution in [0.2, 0.25) is 0 Å². The highest BCUT2D eigenvalue weighted by atomic mass is 79.9. The molecule has 2 N–H and O–H groups in total. The first-order chi connectivity index (χ1) is 7.68. The molecule has 1 aromatic rings.